The molecule has 43 heavy (non-hydrogen) atoms. The maximum Gasteiger partial charge on any atom is 0.339 e. The fourth-order valence-electron chi connectivity index (χ4n) is 6.82. The molecule has 0 radical (unpaired) electrons. The Bertz CT molecular complexity index is 1780. The number of carbonyl (C=O) groups is 4. The minimum atomic E-state index is -0.641. The lowest BCUT2D eigenvalue weighted by atomic mass is 9.81. The van der Waals surface area contributed by atoms with E-state index in [4.69, 9.17) is 9.72 Å². The third kappa shape index (κ3) is 4.78. The van der Waals surface area contributed by atoms with Crippen LogP contribution in [0.5, 0.6) is 0 Å². The Kier molecular flexibility index (Phi) is 7.34. The van der Waals surface area contributed by atoms with Crippen molar-refractivity contribution in [3.8, 4) is 11.3 Å². The third-order valence-electron chi connectivity index (χ3n) is 8.83. The van der Waals surface area contributed by atoms with Crippen LogP contribution in [0.1, 0.15) is 27.1 Å². The van der Waals surface area contributed by atoms with E-state index in [9.17, 15) is 19.2 Å². The van der Waals surface area contributed by atoms with Crippen molar-refractivity contribution in [2.45, 2.75) is 16.1 Å². The van der Waals surface area contributed by atoms with E-state index < -0.39 is 12.6 Å². The molecule has 1 saturated heterocycles. The van der Waals surface area contributed by atoms with Gasteiger partial charge in [0.25, 0.3) is 0 Å². The lowest BCUT2D eigenvalue weighted by molar-refractivity contribution is -0.123. The SMILES string of the molecule is O=C(COC(=O)c1cc(-c2ccc(N3C(=O)C4C5CC(C(Br)C5Br)C4C3=O)cc2)nc2ccc(Br)cc12)c1ccccc1. The summed E-state index contributed by atoms with van der Waals surface area (Å²) in [6, 6.07) is 22.8. The Morgan fingerprint density at radius 3 is 2.16 bits per heavy atom. The number of amides is 2. The number of pyridine rings is 1. The Labute approximate surface area is 272 Å². The largest absolute Gasteiger partial charge is 0.454 e. The average Bonchev–Trinajstić information content (AvgIpc) is 3.64. The highest BCUT2D eigenvalue weighted by Gasteiger charge is 2.66. The molecule has 216 valence electrons. The Balaban J connectivity index is 1.17. The number of ketones is 1. The summed E-state index contributed by atoms with van der Waals surface area (Å²) in [5.74, 6) is -1.51. The number of fused-ring (bicyclic) bond motifs is 6. The van der Waals surface area contributed by atoms with Gasteiger partial charge in [-0.2, -0.15) is 0 Å². The van der Waals surface area contributed by atoms with Gasteiger partial charge in [-0.1, -0.05) is 90.3 Å². The van der Waals surface area contributed by atoms with Gasteiger partial charge in [0.15, 0.2) is 12.4 Å². The van der Waals surface area contributed by atoms with E-state index in [0.29, 0.717) is 33.4 Å². The van der Waals surface area contributed by atoms with Crippen LogP contribution in [0.3, 0.4) is 0 Å². The summed E-state index contributed by atoms with van der Waals surface area (Å²) in [5, 5.41) is 0.580. The summed E-state index contributed by atoms with van der Waals surface area (Å²) in [5.41, 5.74) is 3.04. The summed E-state index contributed by atoms with van der Waals surface area (Å²) in [6.07, 6.45) is 0.876. The van der Waals surface area contributed by atoms with E-state index in [2.05, 4.69) is 47.8 Å². The molecule has 3 fully saturated rings. The Morgan fingerprint density at radius 2 is 1.51 bits per heavy atom. The molecule has 3 aromatic carbocycles. The van der Waals surface area contributed by atoms with Crippen LogP contribution in [0.15, 0.2) is 83.3 Å². The number of carbonyl (C=O) groups excluding carboxylic acids is 4. The summed E-state index contributed by atoms with van der Waals surface area (Å²) in [4.78, 5) is 59.2. The van der Waals surface area contributed by atoms with E-state index in [0.717, 1.165) is 10.9 Å². The second-order valence-corrected chi connectivity index (χ2v) is 14.2. The minimum absolute atomic E-state index is 0.136. The summed E-state index contributed by atoms with van der Waals surface area (Å²) in [7, 11) is 0. The van der Waals surface area contributed by atoms with Crippen LogP contribution in [0, 0.1) is 23.7 Å². The molecule has 1 aromatic heterocycles. The Hall–Kier alpha value is -3.21. The quantitative estimate of drug-likeness (QED) is 0.0910. The first-order chi connectivity index (χ1) is 20.7. The average molecular weight is 767 g/mol. The number of halogens is 3. The van der Waals surface area contributed by atoms with E-state index >= 15 is 0 Å². The van der Waals surface area contributed by atoms with E-state index in [1.807, 2.05) is 12.1 Å². The second-order valence-electron chi connectivity index (χ2n) is 11.1. The number of hydrogen-bond donors (Lipinski definition) is 0. The summed E-state index contributed by atoms with van der Waals surface area (Å²) < 4.78 is 6.21. The van der Waals surface area contributed by atoms with Gasteiger partial charge >= 0.3 is 5.97 Å². The summed E-state index contributed by atoms with van der Waals surface area (Å²) >= 11 is 10.9. The molecule has 6 unspecified atom stereocenters. The van der Waals surface area contributed by atoms with Gasteiger partial charge in [0.05, 0.1) is 34.3 Å². The van der Waals surface area contributed by atoms with Crippen LogP contribution in [0.2, 0.25) is 0 Å². The number of ether oxygens (including phenoxy) is 1. The number of nitrogens with zero attached hydrogens (tertiary/aromatic N) is 2. The van der Waals surface area contributed by atoms with Crippen molar-refractivity contribution in [2.75, 3.05) is 11.5 Å². The molecular formula is C33H23Br3N2O5. The highest BCUT2D eigenvalue weighted by Crippen LogP contribution is 2.60. The molecule has 7 rings (SSSR count). The van der Waals surface area contributed by atoms with E-state index in [1.165, 1.54) is 4.90 Å². The lowest BCUT2D eigenvalue weighted by Gasteiger charge is -2.28. The van der Waals surface area contributed by atoms with E-state index in [1.54, 1.807) is 66.7 Å². The van der Waals surface area contributed by atoms with Gasteiger partial charge in [-0.25, -0.2) is 9.78 Å². The molecule has 0 spiro atoms. The van der Waals surface area contributed by atoms with Crippen molar-refractivity contribution in [3.63, 3.8) is 0 Å². The van der Waals surface area contributed by atoms with Gasteiger partial charge in [0, 0.05) is 30.6 Å². The first-order valence-electron chi connectivity index (χ1n) is 13.8. The van der Waals surface area contributed by atoms with Gasteiger partial charge in [-0.3, -0.25) is 19.3 Å². The number of anilines is 1. The first-order valence-corrected chi connectivity index (χ1v) is 16.5. The van der Waals surface area contributed by atoms with Crippen LogP contribution in [-0.4, -0.2) is 44.8 Å². The number of imide groups is 1. The number of hydrogen-bond acceptors (Lipinski definition) is 6. The summed E-state index contributed by atoms with van der Waals surface area (Å²) in [6.45, 7) is -0.391. The fraction of sp³-hybridized carbons (Fsp3) is 0.242. The number of esters is 1. The van der Waals surface area contributed by atoms with Crippen molar-refractivity contribution in [1.82, 2.24) is 4.98 Å². The molecule has 1 aliphatic heterocycles. The normalized spacial score (nSPS) is 25.8. The molecule has 7 nitrogen and oxygen atoms in total. The van der Waals surface area contributed by atoms with Crippen LogP contribution in [0.4, 0.5) is 5.69 Å². The number of benzene rings is 3. The molecule has 2 saturated carbocycles. The molecule has 3 aliphatic rings. The fourth-order valence-corrected chi connectivity index (χ4v) is 9.05. The van der Waals surface area contributed by atoms with Crippen molar-refractivity contribution >= 4 is 87.9 Å². The number of rotatable bonds is 6. The van der Waals surface area contributed by atoms with Gasteiger partial charge in [0.1, 0.15) is 0 Å². The minimum Gasteiger partial charge on any atom is -0.454 e. The maximum absolute atomic E-state index is 13.5. The van der Waals surface area contributed by atoms with Gasteiger partial charge in [0.2, 0.25) is 11.8 Å². The predicted octanol–water partition coefficient (Wildman–Crippen LogP) is 6.99. The van der Waals surface area contributed by atoms with Crippen molar-refractivity contribution < 1.29 is 23.9 Å². The highest BCUT2D eigenvalue weighted by molar-refractivity contribution is 9.12. The molecule has 2 amide bonds. The highest BCUT2D eigenvalue weighted by atomic mass is 79.9. The zero-order valence-corrected chi connectivity index (χ0v) is 27.2. The van der Waals surface area contributed by atoms with Crippen molar-refractivity contribution in [3.05, 3.63) is 94.5 Å². The van der Waals surface area contributed by atoms with Crippen LogP contribution < -0.4 is 4.90 Å². The first kappa shape index (κ1) is 28.6. The predicted molar refractivity (Wildman–Crippen MR) is 172 cm³/mol. The van der Waals surface area contributed by atoms with Crippen LogP contribution in [0.25, 0.3) is 22.2 Å². The zero-order valence-electron chi connectivity index (χ0n) is 22.5. The maximum atomic E-state index is 13.5. The molecule has 0 N–H and O–H groups in total. The van der Waals surface area contributed by atoms with E-state index in [-0.39, 0.29) is 56.5 Å². The number of Topliss-reactive ketones (excluding diaryl/α,β-unsaturated/α-hetero) is 1. The molecule has 2 heterocycles. The molecular weight excluding hydrogens is 744 g/mol. The van der Waals surface area contributed by atoms with Crippen molar-refractivity contribution in [1.29, 1.82) is 0 Å². The standard InChI is InChI=1S/C33H23Br3N2O5/c34-18-8-11-24-20(12-18)21(33(42)43-15-26(39)17-4-2-1-3-5-17)14-25(37-24)16-6-9-19(10-7-16)38-31(40)27-22-13-23(28(27)32(38)41)30(36)29(22)35/h1-12,14,22-23,27-30H,13,15H2. The van der Waals surface area contributed by atoms with Gasteiger partial charge in [-0.05, 0) is 54.7 Å². The van der Waals surface area contributed by atoms with Gasteiger partial charge < -0.3 is 4.74 Å². The smallest absolute Gasteiger partial charge is 0.339 e. The molecule has 2 aliphatic carbocycles. The molecule has 6 atom stereocenters. The van der Waals surface area contributed by atoms with Crippen molar-refractivity contribution in [2.24, 2.45) is 23.7 Å². The molecule has 4 aromatic rings. The van der Waals surface area contributed by atoms with Crippen LogP contribution in [-0.2, 0) is 14.3 Å². The number of aromatic nitrogens is 1. The second kappa shape index (κ2) is 11.1. The molecule has 2 bridgehead atoms. The third-order valence-corrected chi connectivity index (χ3v) is 12.5. The lowest BCUT2D eigenvalue weighted by Crippen LogP contribution is -2.37. The van der Waals surface area contributed by atoms with Gasteiger partial charge in [-0.15, -0.1) is 0 Å². The number of alkyl halides is 2. The van der Waals surface area contributed by atoms with Crippen LogP contribution >= 0.6 is 47.8 Å². The monoisotopic (exact) mass is 764 g/mol. The topological polar surface area (TPSA) is 93.6 Å². The molecule has 10 heteroatoms. The Morgan fingerprint density at radius 1 is 0.860 bits per heavy atom. The zero-order chi connectivity index (χ0) is 30.0.